The summed E-state index contributed by atoms with van der Waals surface area (Å²) in [5, 5.41) is 96.9. The van der Waals surface area contributed by atoms with E-state index in [1.807, 2.05) is 6.92 Å². The molecule has 9 rings (SSSR count). The van der Waals surface area contributed by atoms with Crippen LogP contribution in [0, 0.1) is 51.2 Å². The fraction of sp³-hybridized carbons (Fsp3) is 0.957. The van der Waals surface area contributed by atoms with E-state index in [0.29, 0.717) is 25.6 Å². The molecular formula is C46H74O17. The van der Waals surface area contributed by atoms with Crippen molar-refractivity contribution in [2.75, 3.05) is 33.0 Å². The van der Waals surface area contributed by atoms with Crippen LogP contribution in [0.2, 0.25) is 0 Å². The van der Waals surface area contributed by atoms with Crippen LogP contribution in [0.25, 0.3) is 0 Å². The van der Waals surface area contributed by atoms with Crippen LogP contribution in [-0.4, -0.2) is 176 Å². The maximum Gasteiger partial charge on any atom is 0.187 e. The molecule has 0 aromatic rings. The number of rotatable bonds is 9. The highest BCUT2D eigenvalue weighted by atomic mass is 16.8. The van der Waals surface area contributed by atoms with E-state index in [9.17, 15) is 46.0 Å². The Morgan fingerprint density at radius 1 is 0.683 bits per heavy atom. The number of fused-ring (bicyclic) bond motifs is 4. The van der Waals surface area contributed by atoms with Gasteiger partial charge in [-0.25, -0.2) is 0 Å². The van der Waals surface area contributed by atoms with Crippen LogP contribution in [0.4, 0.5) is 0 Å². The number of hydrogen-bond acceptors (Lipinski definition) is 17. The second kappa shape index (κ2) is 16.4. The third-order valence-corrected chi connectivity index (χ3v) is 18.7. The van der Waals surface area contributed by atoms with Gasteiger partial charge in [-0.1, -0.05) is 39.3 Å². The van der Waals surface area contributed by atoms with Gasteiger partial charge in [0.2, 0.25) is 0 Å². The molecule has 2 bridgehead atoms. The quantitative estimate of drug-likeness (QED) is 0.113. The summed E-state index contributed by atoms with van der Waals surface area (Å²) in [6, 6.07) is 0. The van der Waals surface area contributed by atoms with Crippen LogP contribution >= 0.6 is 0 Å². The molecule has 360 valence electrons. The Kier molecular flexibility index (Phi) is 12.2. The average molecular weight is 899 g/mol. The van der Waals surface area contributed by atoms with E-state index in [-0.39, 0.29) is 52.6 Å². The molecule has 9 N–H and O–H groups in total. The molecule has 9 fully saturated rings. The molecule has 4 aliphatic carbocycles. The van der Waals surface area contributed by atoms with Crippen molar-refractivity contribution in [1.29, 1.82) is 0 Å². The summed E-state index contributed by atoms with van der Waals surface area (Å²) in [6.45, 7) is 15.1. The van der Waals surface area contributed by atoms with E-state index in [4.69, 9.17) is 37.9 Å². The number of allylic oxidation sites excluding steroid dienone is 1. The zero-order valence-corrected chi connectivity index (χ0v) is 37.8. The zero-order chi connectivity index (χ0) is 45.4. The number of hydrogen-bond donors (Lipinski definition) is 9. The monoisotopic (exact) mass is 898 g/mol. The minimum absolute atomic E-state index is 0.0626. The molecule has 63 heavy (non-hydrogen) atoms. The molecule has 2 spiro atoms. The van der Waals surface area contributed by atoms with Crippen molar-refractivity contribution < 1.29 is 83.9 Å². The lowest BCUT2D eigenvalue weighted by Gasteiger charge is -2.70. The van der Waals surface area contributed by atoms with Gasteiger partial charge in [0.1, 0.15) is 61.0 Å². The zero-order valence-electron chi connectivity index (χ0n) is 37.8. The molecule has 5 heterocycles. The van der Waals surface area contributed by atoms with Gasteiger partial charge in [-0.3, -0.25) is 0 Å². The SMILES string of the molecule is CC(C)=CC1CO[C@]23C[C@]4(CO2)[C@H](CC[C@@H]2[C@@]5(C)CC[C@H](O[C@@H]6OC[C@H](O)[C@H](O[C@@H]7O[C@H](CO)[C@@H](O)[C@H](O)[C@H]7O)[C@H]6O[C@@H]6O[C@@H](CO)[C@H](O)[C@H]6O)C(C)(C)[C@@H]5CC[C@]24C)[C@H]3[C@]1(C)O. The predicted octanol–water partition coefficient (Wildman–Crippen LogP) is 0.463. The summed E-state index contributed by atoms with van der Waals surface area (Å²) in [5.74, 6) is -0.140. The van der Waals surface area contributed by atoms with Gasteiger partial charge in [-0.05, 0) is 93.3 Å². The van der Waals surface area contributed by atoms with Crippen molar-refractivity contribution in [3.8, 4) is 0 Å². The highest BCUT2D eigenvalue weighted by Crippen LogP contribution is 2.80. The van der Waals surface area contributed by atoms with Gasteiger partial charge in [0.15, 0.2) is 24.7 Å². The maximum absolute atomic E-state index is 12.4. The second-order valence-corrected chi connectivity index (χ2v) is 22.4. The summed E-state index contributed by atoms with van der Waals surface area (Å²) < 4.78 is 50.5. The van der Waals surface area contributed by atoms with Crippen molar-refractivity contribution in [3.05, 3.63) is 11.6 Å². The molecule has 5 saturated heterocycles. The smallest absolute Gasteiger partial charge is 0.187 e. The summed E-state index contributed by atoms with van der Waals surface area (Å²) in [4.78, 5) is 0. The van der Waals surface area contributed by atoms with Crippen molar-refractivity contribution in [3.63, 3.8) is 0 Å². The minimum atomic E-state index is -1.79. The second-order valence-electron chi connectivity index (χ2n) is 22.4. The fourth-order valence-electron chi connectivity index (χ4n) is 15.5. The Bertz CT molecular complexity index is 1710. The van der Waals surface area contributed by atoms with Gasteiger partial charge in [0, 0.05) is 23.7 Å². The van der Waals surface area contributed by atoms with Crippen LogP contribution in [0.1, 0.15) is 93.4 Å². The summed E-state index contributed by atoms with van der Waals surface area (Å²) in [6.07, 6.45) is -11.3. The molecule has 0 aromatic carbocycles. The number of aliphatic hydroxyl groups is 9. The third kappa shape index (κ3) is 6.95. The van der Waals surface area contributed by atoms with Crippen LogP contribution in [0.15, 0.2) is 11.6 Å². The molecule has 9 aliphatic rings. The first-order valence-electron chi connectivity index (χ1n) is 23.4. The summed E-state index contributed by atoms with van der Waals surface area (Å²) in [7, 11) is 0. The molecular weight excluding hydrogens is 824 g/mol. The number of aliphatic hydroxyl groups excluding tert-OH is 8. The third-order valence-electron chi connectivity index (χ3n) is 18.7. The van der Waals surface area contributed by atoms with E-state index in [2.05, 4.69) is 47.6 Å². The van der Waals surface area contributed by atoms with E-state index >= 15 is 0 Å². The summed E-state index contributed by atoms with van der Waals surface area (Å²) >= 11 is 0. The van der Waals surface area contributed by atoms with Crippen LogP contribution in [-0.2, 0) is 37.9 Å². The topological polar surface area (TPSA) is 256 Å². The fourth-order valence-corrected chi connectivity index (χ4v) is 15.5. The Morgan fingerprint density at radius 2 is 1.32 bits per heavy atom. The normalized spacial score (nSPS) is 57.2. The van der Waals surface area contributed by atoms with Crippen LogP contribution in [0.3, 0.4) is 0 Å². The maximum atomic E-state index is 12.4. The molecule has 4 saturated carbocycles. The Morgan fingerprint density at radius 3 is 1.97 bits per heavy atom. The predicted molar refractivity (Wildman–Crippen MR) is 219 cm³/mol. The van der Waals surface area contributed by atoms with Crippen molar-refractivity contribution >= 4 is 0 Å². The van der Waals surface area contributed by atoms with Gasteiger partial charge in [0.25, 0.3) is 0 Å². The molecule has 24 atom stereocenters. The molecule has 0 aromatic heterocycles. The Hall–Kier alpha value is -0.940. The largest absolute Gasteiger partial charge is 0.394 e. The lowest BCUT2D eigenvalue weighted by Crippen LogP contribution is -2.68. The lowest BCUT2D eigenvalue weighted by atomic mass is 9.35. The van der Waals surface area contributed by atoms with E-state index < -0.39 is 110 Å². The van der Waals surface area contributed by atoms with Crippen LogP contribution < -0.4 is 0 Å². The Labute approximate surface area is 369 Å². The van der Waals surface area contributed by atoms with Gasteiger partial charge >= 0.3 is 0 Å². The minimum Gasteiger partial charge on any atom is -0.394 e. The first-order chi connectivity index (χ1) is 29.6. The average Bonchev–Trinajstić information content (AvgIpc) is 3.85. The highest BCUT2D eigenvalue weighted by Gasteiger charge is 2.81. The van der Waals surface area contributed by atoms with Crippen LogP contribution in [0.5, 0.6) is 0 Å². The van der Waals surface area contributed by atoms with E-state index in [0.717, 1.165) is 44.1 Å². The molecule has 5 aliphatic heterocycles. The Balaban J connectivity index is 0.970. The van der Waals surface area contributed by atoms with Crippen molar-refractivity contribution in [2.45, 2.75) is 191 Å². The first kappa shape index (κ1) is 47.1. The van der Waals surface area contributed by atoms with Gasteiger partial charge in [0.05, 0.1) is 44.7 Å². The van der Waals surface area contributed by atoms with E-state index in [1.165, 1.54) is 0 Å². The summed E-state index contributed by atoms with van der Waals surface area (Å²) in [5.41, 5.74) is -0.487. The van der Waals surface area contributed by atoms with Gasteiger partial charge in [-0.15, -0.1) is 0 Å². The molecule has 0 radical (unpaired) electrons. The van der Waals surface area contributed by atoms with Crippen molar-refractivity contribution in [2.24, 2.45) is 51.2 Å². The van der Waals surface area contributed by atoms with Gasteiger partial charge in [-0.2, -0.15) is 0 Å². The molecule has 17 nitrogen and oxygen atoms in total. The molecule has 1 unspecified atom stereocenters. The molecule has 17 heteroatoms. The van der Waals surface area contributed by atoms with E-state index in [1.54, 1.807) is 0 Å². The molecule has 0 amide bonds. The van der Waals surface area contributed by atoms with Gasteiger partial charge < -0.3 is 83.9 Å². The van der Waals surface area contributed by atoms with Crippen molar-refractivity contribution in [1.82, 2.24) is 0 Å². The number of ether oxygens (including phenoxy) is 8. The standard InChI is InChI=1S/C46H74O17/c1-21(2)14-22-17-57-46-19-45(20-58-46)23(37(46)44(22,7)55)8-9-28-42(5)12-11-29(41(3,4)27(42)10-13-43(28,45)6)61-40-36(63-38-33(53)31(51)26(16-48)60-38)35(24(49)18-56-40)62-39-34(54)32(52)30(50)25(15-47)59-39/h14,22-40,47-55H,8-13,15-20H2,1-7H3/t22?,23-,24+,25-,26+,27+,28-,29+,30-,31+,32+,33-,34-,35+,36-,37+,38+,39+,40+,42+,43-,44-,45+,46-/m1/s1. The lowest BCUT2D eigenvalue weighted by molar-refractivity contribution is -0.375. The highest BCUT2D eigenvalue weighted by molar-refractivity contribution is 5.27. The first-order valence-corrected chi connectivity index (χ1v) is 23.4.